The molecule has 0 fully saturated rings. The maximum absolute atomic E-state index is 5.08. The van der Waals surface area contributed by atoms with Gasteiger partial charge in [-0.15, -0.1) is 24.0 Å². The number of nitrogens with zero attached hydrogens (tertiary/aromatic N) is 3. The number of guanidine groups is 1. The molecule has 0 bridgehead atoms. The predicted molar refractivity (Wildman–Crippen MR) is 123 cm³/mol. The van der Waals surface area contributed by atoms with Crippen molar-refractivity contribution in [3.05, 3.63) is 30.1 Å². The van der Waals surface area contributed by atoms with E-state index >= 15 is 0 Å². The number of rotatable bonds is 11. The Balaban J connectivity index is 0.00000364. The lowest BCUT2D eigenvalue weighted by Gasteiger charge is -2.16. The molecule has 0 unspecified atom stereocenters. The van der Waals surface area contributed by atoms with Crippen LogP contribution in [0, 0.1) is 0 Å². The van der Waals surface area contributed by atoms with Gasteiger partial charge in [0.15, 0.2) is 5.96 Å². The number of halogens is 1. The van der Waals surface area contributed by atoms with Crippen LogP contribution in [0.2, 0.25) is 0 Å². The second-order valence-corrected chi connectivity index (χ2v) is 6.29. The van der Waals surface area contributed by atoms with Crippen molar-refractivity contribution in [3.63, 3.8) is 0 Å². The van der Waals surface area contributed by atoms with Crippen LogP contribution in [0.15, 0.2) is 29.3 Å². The molecule has 1 heterocycles. The number of hydrogen-bond acceptors (Lipinski definition) is 4. The minimum atomic E-state index is 0. The Kier molecular flexibility index (Phi) is 12.0. The van der Waals surface area contributed by atoms with Crippen LogP contribution in [0.5, 0.6) is 0 Å². The molecule has 7 nitrogen and oxygen atoms in total. The number of aliphatic imine (C=N–C) groups is 1. The highest BCUT2D eigenvalue weighted by molar-refractivity contribution is 14.0. The van der Waals surface area contributed by atoms with Crippen molar-refractivity contribution < 1.29 is 4.74 Å². The third kappa shape index (κ3) is 8.89. The average Bonchev–Trinajstić information content (AvgIpc) is 3.04. The van der Waals surface area contributed by atoms with Crippen molar-refractivity contribution in [2.45, 2.75) is 19.8 Å². The summed E-state index contributed by atoms with van der Waals surface area (Å²) in [7, 11) is 3.86. The van der Waals surface area contributed by atoms with Crippen molar-refractivity contribution in [1.29, 1.82) is 0 Å². The van der Waals surface area contributed by atoms with Gasteiger partial charge in [0.2, 0.25) is 0 Å². The molecule has 152 valence electrons. The molecule has 0 aliphatic rings. The molecule has 2 rings (SSSR count). The van der Waals surface area contributed by atoms with Gasteiger partial charge in [-0.05, 0) is 32.5 Å². The van der Waals surface area contributed by atoms with E-state index in [9.17, 15) is 0 Å². The molecular weight excluding hydrogens is 455 g/mol. The van der Waals surface area contributed by atoms with E-state index in [1.54, 1.807) is 7.11 Å². The molecule has 1 aromatic heterocycles. The first-order chi connectivity index (χ1) is 12.7. The molecule has 0 atom stereocenters. The summed E-state index contributed by atoms with van der Waals surface area (Å²) in [5.74, 6) is 1.85. The van der Waals surface area contributed by atoms with Gasteiger partial charge in [-0.1, -0.05) is 12.1 Å². The van der Waals surface area contributed by atoms with Crippen molar-refractivity contribution in [2.24, 2.45) is 4.99 Å². The molecule has 1 aromatic carbocycles. The minimum Gasteiger partial charge on any atom is -0.385 e. The van der Waals surface area contributed by atoms with Crippen LogP contribution in [0.4, 0.5) is 0 Å². The van der Waals surface area contributed by atoms with Crippen molar-refractivity contribution in [3.8, 4) is 0 Å². The number of hydrogen-bond donors (Lipinski definition) is 3. The number of aromatic nitrogens is 2. The van der Waals surface area contributed by atoms with Gasteiger partial charge in [0, 0.05) is 46.3 Å². The molecule has 0 radical (unpaired) electrons. The molecule has 8 heteroatoms. The summed E-state index contributed by atoms with van der Waals surface area (Å²) < 4.78 is 5.08. The zero-order chi connectivity index (χ0) is 18.6. The Morgan fingerprint density at radius 3 is 2.81 bits per heavy atom. The third-order valence-electron chi connectivity index (χ3n) is 4.08. The number of ether oxygens (including phenoxy) is 1. The standard InChI is InChI=1S/C19H32N6O.HI/c1-4-20-19(22-12-14-25(2)13-7-15-26-3)21-11-10-18-23-16-8-5-6-9-17(16)24-18;/h5-6,8-9H,4,7,10-15H2,1-3H3,(H,23,24)(H2,20,21,22);1H. The van der Waals surface area contributed by atoms with E-state index in [2.05, 4.69) is 44.5 Å². The molecule has 0 amide bonds. The molecule has 2 aromatic rings. The van der Waals surface area contributed by atoms with E-state index in [0.29, 0.717) is 0 Å². The number of likely N-dealkylation sites (N-methyl/N-ethyl adjacent to an activating group) is 1. The first kappa shape index (κ1) is 23.6. The van der Waals surface area contributed by atoms with Crippen LogP contribution in [0.1, 0.15) is 19.2 Å². The molecule has 0 aliphatic carbocycles. The molecule has 0 aliphatic heterocycles. The first-order valence-corrected chi connectivity index (χ1v) is 9.36. The molecular formula is C19H33IN6O. The molecule has 3 N–H and O–H groups in total. The van der Waals surface area contributed by atoms with Gasteiger partial charge in [0.05, 0.1) is 17.6 Å². The number of H-pyrrole nitrogens is 1. The van der Waals surface area contributed by atoms with Gasteiger partial charge in [-0.3, -0.25) is 4.99 Å². The Morgan fingerprint density at radius 1 is 1.26 bits per heavy atom. The van der Waals surface area contributed by atoms with E-state index in [1.165, 1.54) is 0 Å². The van der Waals surface area contributed by atoms with Crippen molar-refractivity contribution in [2.75, 3.05) is 53.5 Å². The van der Waals surface area contributed by atoms with E-state index < -0.39 is 0 Å². The topological polar surface area (TPSA) is 77.6 Å². The zero-order valence-electron chi connectivity index (χ0n) is 16.6. The molecule has 0 saturated carbocycles. The normalized spacial score (nSPS) is 11.6. The van der Waals surface area contributed by atoms with Gasteiger partial charge >= 0.3 is 0 Å². The van der Waals surface area contributed by atoms with Gasteiger partial charge in [-0.25, -0.2) is 4.98 Å². The number of fused-ring (bicyclic) bond motifs is 1. The lowest BCUT2D eigenvalue weighted by molar-refractivity contribution is 0.180. The van der Waals surface area contributed by atoms with Gasteiger partial charge in [0.1, 0.15) is 5.82 Å². The SMILES string of the molecule is CCNC(=NCCN(C)CCCOC)NCCc1nc2ccccc2[nH]1.I. The maximum Gasteiger partial charge on any atom is 0.191 e. The van der Waals surface area contributed by atoms with Gasteiger partial charge in [0.25, 0.3) is 0 Å². The number of benzene rings is 1. The van der Waals surface area contributed by atoms with Crippen LogP contribution in [0.25, 0.3) is 11.0 Å². The summed E-state index contributed by atoms with van der Waals surface area (Å²) in [4.78, 5) is 14.9. The quantitative estimate of drug-likeness (QED) is 0.196. The molecule has 27 heavy (non-hydrogen) atoms. The minimum absolute atomic E-state index is 0. The highest BCUT2D eigenvalue weighted by atomic mass is 127. The zero-order valence-corrected chi connectivity index (χ0v) is 19.0. The molecule has 0 spiro atoms. The maximum atomic E-state index is 5.08. The average molecular weight is 488 g/mol. The Labute approximate surface area is 179 Å². The van der Waals surface area contributed by atoms with Crippen LogP contribution in [-0.2, 0) is 11.2 Å². The van der Waals surface area contributed by atoms with Crippen LogP contribution in [-0.4, -0.2) is 74.3 Å². The van der Waals surface area contributed by atoms with Gasteiger partial charge in [-0.2, -0.15) is 0 Å². The Morgan fingerprint density at radius 2 is 2.07 bits per heavy atom. The summed E-state index contributed by atoms with van der Waals surface area (Å²) in [5, 5.41) is 6.67. The number of para-hydroxylation sites is 2. The summed E-state index contributed by atoms with van der Waals surface area (Å²) in [6.45, 7) is 7.25. The fraction of sp³-hybridized carbons (Fsp3) is 0.579. The monoisotopic (exact) mass is 488 g/mol. The summed E-state index contributed by atoms with van der Waals surface area (Å²) in [6.07, 6.45) is 1.88. The fourth-order valence-corrected chi connectivity index (χ4v) is 2.69. The second-order valence-electron chi connectivity index (χ2n) is 6.29. The highest BCUT2D eigenvalue weighted by Gasteiger charge is 2.03. The molecule has 0 saturated heterocycles. The van der Waals surface area contributed by atoms with Crippen LogP contribution in [0.3, 0.4) is 0 Å². The highest BCUT2D eigenvalue weighted by Crippen LogP contribution is 2.10. The van der Waals surface area contributed by atoms with Crippen LogP contribution >= 0.6 is 24.0 Å². The summed E-state index contributed by atoms with van der Waals surface area (Å²) >= 11 is 0. The summed E-state index contributed by atoms with van der Waals surface area (Å²) in [6, 6.07) is 8.10. The number of imidazole rings is 1. The number of aromatic amines is 1. The number of methoxy groups -OCH3 is 1. The largest absolute Gasteiger partial charge is 0.385 e. The van der Waals surface area contributed by atoms with Crippen molar-refractivity contribution in [1.82, 2.24) is 25.5 Å². The summed E-state index contributed by atoms with van der Waals surface area (Å²) in [5.41, 5.74) is 2.10. The predicted octanol–water partition coefficient (Wildman–Crippen LogP) is 2.25. The third-order valence-corrected chi connectivity index (χ3v) is 4.08. The smallest absolute Gasteiger partial charge is 0.191 e. The second kappa shape index (κ2) is 13.7. The Hall–Kier alpha value is -1.39. The van der Waals surface area contributed by atoms with E-state index in [0.717, 1.165) is 75.0 Å². The van der Waals surface area contributed by atoms with E-state index in [1.807, 2.05) is 24.3 Å². The van der Waals surface area contributed by atoms with E-state index in [-0.39, 0.29) is 24.0 Å². The van der Waals surface area contributed by atoms with Gasteiger partial charge < -0.3 is 25.3 Å². The lowest BCUT2D eigenvalue weighted by atomic mass is 10.3. The number of nitrogens with one attached hydrogen (secondary N) is 3. The lowest BCUT2D eigenvalue weighted by Crippen LogP contribution is -2.39. The van der Waals surface area contributed by atoms with Crippen LogP contribution < -0.4 is 10.6 Å². The first-order valence-electron chi connectivity index (χ1n) is 9.36. The van der Waals surface area contributed by atoms with Crippen molar-refractivity contribution >= 4 is 41.0 Å². The fourth-order valence-electron chi connectivity index (χ4n) is 2.69. The van der Waals surface area contributed by atoms with E-state index in [4.69, 9.17) is 4.74 Å². The Bertz CT molecular complexity index is 642.